The molecule has 1 saturated carbocycles. The zero-order chi connectivity index (χ0) is 12.6. The fourth-order valence-corrected chi connectivity index (χ4v) is 3.27. The maximum atomic E-state index is 12.4. The lowest BCUT2D eigenvalue weighted by Crippen LogP contribution is -2.47. The molecule has 4 heteroatoms. The second-order valence-electron chi connectivity index (χ2n) is 5.89. The summed E-state index contributed by atoms with van der Waals surface area (Å²) in [5.74, 6) is -1.49. The summed E-state index contributed by atoms with van der Waals surface area (Å²) in [6.45, 7) is 4.93. The van der Waals surface area contributed by atoms with E-state index >= 15 is 0 Å². The van der Waals surface area contributed by atoms with Crippen molar-refractivity contribution in [1.29, 1.82) is 0 Å². The van der Waals surface area contributed by atoms with Gasteiger partial charge in [-0.15, -0.1) is 0 Å². The summed E-state index contributed by atoms with van der Waals surface area (Å²) in [4.78, 5) is 25.5. The van der Waals surface area contributed by atoms with Crippen molar-refractivity contribution in [2.45, 2.75) is 51.5 Å². The Kier molecular flexibility index (Phi) is 3.15. The highest BCUT2D eigenvalue weighted by Gasteiger charge is 2.44. The van der Waals surface area contributed by atoms with Gasteiger partial charge in [-0.05, 0) is 39.5 Å². The molecule has 1 N–H and O–H groups in total. The smallest absolute Gasteiger partial charge is 0.307 e. The Bertz CT molecular complexity index is 338. The van der Waals surface area contributed by atoms with Crippen LogP contribution in [0.3, 0.4) is 0 Å². The Morgan fingerprint density at radius 1 is 1.18 bits per heavy atom. The van der Waals surface area contributed by atoms with Crippen LogP contribution in [0.5, 0.6) is 0 Å². The highest BCUT2D eigenvalue weighted by molar-refractivity contribution is 5.86. The molecule has 0 aromatic carbocycles. The maximum Gasteiger partial charge on any atom is 0.307 e. The van der Waals surface area contributed by atoms with E-state index < -0.39 is 11.9 Å². The SMILES string of the molecule is CC1(C)CCCN1C(=O)[C@@H]1CCC[C@@H]1C(=O)O. The van der Waals surface area contributed by atoms with Gasteiger partial charge in [0.1, 0.15) is 0 Å². The molecule has 96 valence electrons. The molecule has 1 saturated heterocycles. The Hall–Kier alpha value is -1.06. The van der Waals surface area contributed by atoms with Crippen LogP contribution in [0, 0.1) is 11.8 Å². The predicted molar refractivity (Wildman–Crippen MR) is 63.5 cm³/mol. The Morgan fingerprint density at radius 3 is 2.35 bits per heavy atom. The highest BCUT2D eigenvalue weighted by atomic mass is 16.4. The summed E-state index contributed by atoms with van der Waals surface area (Å²) < 4.78 is 0. The van der Waals surface area contributed by atoms with Crippen molar-refractivity contribution >= 4 is 11.9 Å². The standard InChI is InChI=1S/C13H21NO3/c1-13(2)7-4-8-14(13)11(15)9-5-3-6-10(9)12(16)17/h9-10H,3-8H2,1-2H3,(H,16,17)/t9-,10+/m1/s1. The van der Waals surface area contributed by atoms with Crippen LogP contribution in [0.15, 0.2) is 0 Å². The van der Waals surface area contributed by atoms with E-state index in [1.807, 2.05) is 4.90 Å². The lowest BCUT2D eigenvalue weighted by atomic mass is 9.93. The number of carbonyl (C=O) groups excluding carboxylic acids is 1. The summed E-state index contributed by atoms with van der Waals surface area (Å²) in [7, 11) is 0. The van der Waals surface area contributed by atoms with Crippen molar-refractivity contribution in [3.63, 3.8) is 0 Å². The highest BCUT2D eigenvalue weighted by Crippen LogP contribution is 2.37. The fraction of sp³-hybridized carbons (Fsp3) is 0.846. The van der Waals surface area contributed by atoms with Crippen molar-refractivity contribution in [3.8, 4) is 0 Å². The van der Waals surface area contributed by atoms with E-state index in [-0.39, 0.29) is 17.4 Å². The lowest BCUT2D eigenvalue weighted by Gasteiger charge is -2.34. The van der Waals surface area contributed by atoms with Crippen LogP contribution < -0.4 is 0 Å². The first-order valence-corrected chi connectivity index (χ1v) is 6.48. The zero-order valence-electron chi connectivity index (χ0n) is 10.6. The van der Waals surface area contributed by atoms with E-state index in [9.17, 15) is 9.59 Å². The number of amides is 1. The van der Waals surface area contributed by atoms with Crippen molar-refractivity contribution in [3.05, 3.63) is 0 Å². The molecular formula is C13H21NO3. The van der Waals surface area contributed by atoms with Gasteiger partial charge in [0.15, 0.2) is 0 Å². The van der Waals surface area contributed by atoms with Crippen LogP contribution in [-0.4, -0.2) is 34.0 Å². The van der Waals surface area contributed by atoms with Gasteiger partial charge in [-0.1, -0.05) is 6.42 Å². The number of nitrogens with zero attached hydrogens (tertiary/aromatic N) is 1. The first-order chi connectivity index (χ1) is 7.93. The van der Waals surface area contributed by atoms with Crippen molar-refractivity contribution in [1.82, 2.24) is 4.90 Å². The van der Waals surface area contributed by atoms with Crippen LogP contribution in [0.2, 0.25) is 0 Å². The van der Waals surface area contributed by atoms with Gasteiger partial charge in [-0.3, -0.25) is 9.59 Å². The molecule has 2 fully saturated rings. The van der Waals surface area contributed by atoms with E-state index in [2.05, 4.69) is 13.8 Å². The average Bonchev–Trinajstić information content (AvgIpc) is 2.82. The summed E-state index contributed by atoms with van der Waals surface area (Å²) in [5.41, 5.74) is -0.0945. The summed E-state index contributed by atoms with van der Waals surface area (Å²) >= 11 is 0. The second kappa shape index (κ2) is 4.31. The largest absolute Gasteiger partial charge is 0.481 e. The molecule has 0 aromatic heterocycles. The molecule has 1 heterocycles. The predicted octanol–water partition coefficient (Wildman–Crippen LogP) is 1.89. The van der Waals surface area contributed by atoms with E-state index in [1.54, 1.807) is 0 Å². The van der Waals surface area contributed by atoms with Gasteiger partial charge >= 0.3 is 5.97 Å². The molecule has 0 bridgehead atoms. The third kappa shape index (κ3) is 2.17. The molecule has 1 aliphatic heterocycles. The molecule has 1 amide bonds. The molecule has 17 heavy (non-hydrogen) atoms. The van der Waals surface area contributed by atoms with E-state index in [1.165, 1.54) is 0 Å². The van der Waals surface area contributed by atoms with Gasteiger partial charge in [0, 0.05) is 12.1 Å². The lowest BCUT2D eigenvalue weighted by molar-refractivity contribution is -0.150. The summed E-state index contributed by atoms with van der Waals surface area (Å²) in [6.07, 6.45) is 4.30. The van der Waals surface area contributed by atoms with E-state index in [0.717, 1.165) is 32.2 Å². The van der Waals surface area contributed by atoms with Crippen molar-refractivity contribution in [2.24, 2.45) is 11.8 Å². The van der Waals surface area contributed by atoms with Gasteiger partial charge in [0.25, 0.3) is 0 Å². The van der Waals surface area contributed by atoms with E-state index in [0.29, 0.717) is 6.42 Å². The van der Waals surface area contributed by atoms with Gasteiger partial charge in [0.2, 0.25) is 5.91 Å². The van der Waals surface area contributed by atoms with E-state index in [4.69, 9.17) is 5.11 Å². The third-order valence-corrected chi connectivity index (χ3v) is 4.32. The maximum absolute atomic E-state index is 12.4. The quantitative estimate of drug-likeness (QED) is 0.800. The van der Waals surface area contributed by atoms with Gasteiger partial charge < -0.3 is 10.0 Å². The van der Waals surface area contributed by atoms with Gasteiger partial charge in [-0.2, -0.15) is 0 Å². The molecule has 0 unspecified atom stereocenters. The normalized spacial score (nSPS) is 31.8. The molecular weight excluding hydrogens is 218 g/mol. The Morgan fingerprint density at radius 2 is 1.82 bits per heavy atom. The molecule has 4 nitrogen and oxygen atoms in total. The number of hydrogen-bond acceptors (Lipinski definition) is 2. The number of hydrogen-bond donors (Lipinski definition) is 1. The van der Waals surface area contributed by atoms with Crippen LogP contribution in [-0.2, 0) is 9.59 Å². The molecule has 0 aromatic rings. The molecule has 2 atom stereocenters. The average molecular weight is 239 g/mol. The molecule has 0 radical (unpaired) electrons. The summed E-state index contributed by atoms with van der Waals surface area (Å²) in [5, 5.41) is 9.13. The summed E-state index contributed by atoms with van der Waals surface area (Å²) in [6, 6.07) is 0. The number of rotatable bonds is 2. The van der Waals surface area contributed by atoms with Crippen LogP contribution >= 0.6 is 0 Å². The Labute approximate surface area is 102 Å². The molecule has 1 aliphatic carbocycles. The van der Waals surface area contributed by atoms with Gasteiger partial charge in [-0.25, -0.2) is 0 Å². The van der Waals surface area contributed by atoms with Crippen LogP contribution in [0.4, 0.5) is 0 Å². The minimum atomic E-state index is -0.808. The molecule has 2 aliphatic rings. The van der Waals surface area contributed by atoms with Crippen molar-refractivity contribution < 1.29 is 14.7 Å². The minimum absolute atomic E-state index is 0.0670. The number of carboxylic acids is 1. The minimum Gasteiger partial charge on any atom is -0.481 e. The number of carboxylic acid groups (broad SMARTS) is 1. The second-order valence-corrected chi connectivity index (χ2v) is 5.89. The number of carbonyl (C=O) groups is 2. The first kappa shape index (κ1) is 12.4. The van der Waals surface area contributed by atoms with Gasteiger partial charge in [0.05, 0.1) is 11.8 Å². The van der Waals surface area contributed by atoms with Crippen LogP contribution in [0.25, 0.3) is 0 Å². The van der Waals surface area contributed by atoms with Crippen LogP contribution in [0.1, 0.15) is 46.0 Å². The first-order valence-electron chi connectivity index (χ1n) is 6.48. The monoisotopic (exact) mass is 239 g/mol. The number of aliphatic carboxylic acids is 1. The molecule has 0 spiro atoms. The Balaban J connectivity index is 2.12. The third-order valence-electron chi connectivity index (χ3n) is 4.32. The topological polar surface area (TPSA) is 57.6 Å². The van der Waals surface area contributed by atoms with Crippen molar-refractivity contribution in [2.75, 3.05) is 6.54 Å². The molecule has 2 rings (SSSR count). The zero-order valence-corrected chi connectivity index (χ0v) is 10.6. The fourth-order valence-electron chi connectivity index (χ4n) is 3.27. The number of likely N-dealkylation sites (tertiary alicyclic amines) is 1.